The van der Waals surface area contributed by atoms with Crippen LogP contribution in [0.25, 0.3) is 0 Å². The second kappa shape index (κ2) is 8.97. The second-order valence-corrected chi connectivity index (χ2v) is 5.42. The maximum Gasteiger partial charge on any atom is 0.222 e. The van der Waals surface area contributed by atoms with E-state index in [0.29, 0.717) is 19.6 Å². The van der Waals surface area contributed by atoms with E-state index in [1.807, 2.05) is 38.2 Å². The van der Waals surface area contributed by atoms with Crippen molar-refractivity contribution in [3.8, 4) is 5.75 Å². The van der Waals surface area contributed by atoms with Crippen molar-refractivity contribution in [3.05, 3.63) is 29.8 Å². The van der Waals surface area contributed by atoms with Gasteiger partial charge < -0.3 is 9.64 Å². The van der Waals surface area contributed by atoms with Crippen LogP contribution in [-0.4, -0.2) is 36.3 Å². The summed E-state index contributed by atoms with van der Waals surface area (Å²) in [7, 11) is 1.83. The van der Waals surface area contributed by atoms with Gasteiger partial charge in [-0.3, -0.25) is 4.79 Å². The summed E-state index contributed by atoms with van der Waals surface area (Å²) in [6, 6.07) is 7.94. The molecule has 19 heavy (non-hydrogen) atoms. The van der Waals surface area contributed by atoms with Crippen molar-refractivity contribution in [2.45, 2.75) is 26.2 Å². The molecule has 0 aliphatic carbocycles. The number of ether oxygens (including phenoxy) is 1. The van der Waals surface area contributed by atoms with Crippen molar-refractivity contribution in [3.63, 3.8) is 0 Å². The highest BCUT2D eigenvalue weighted by molar-refractivity contribution is 9.09. The summed E-state index contributed by atoms with van der Waals surface area (Å²) in [6.07, 6.45) is 2.60. The van der Waals surface area contributed by atoms with E-state index >= 15 is 0 Å². The minimum atomic E-state index is 0.189. The van der Waals surface area contributed by atoms with Gasteiger partial charge in [0.15, 0.2) is 0 Å². The first-order valence-electron chi connectivity index (χ1n) is 6.63. The lowest BCUT2D eigenvalue weighted by molar-refractivity contribution is -0.130. The Morgan fingerprint density at radius 1 is 1.37 bits per heavy atom. The molecule has 1 aromatic carbocycles. The van der Waals surface area contributed by atoms with Gasteiger partial charge in [-0.1, -0.05) is 28.1 Å². The maximum atomic E-state index is 11.8. The molecule has 106 valence electrons. The van der Waals surface area contributed by atoms with Crippen LogP contribution in [0.5, 0.6) is 5.75 Å². The first-order valence-corrected chi connectivity index (χ1v) is 7.75. The van der Waals surface area contributed by atoms with Crippen molar-refractivity contribution in [1.82, 2.24) is 4.90 Å². The second-order valence-electron chi connectivity index (χ2n) is 4.63. The van der Waals surface area contributed by atoms with Crippen molar-refractivity contribution >= 4 is 21.8 Å². The molecule has 0 heterocycles. The SMILES string of the molecule is Cc1cccc(OCCN(C)C(=O)CCCCBr)c1. The zero-order chi connectivity index (χ0) is 14.1. The fraction of sp³-hybridized carbons (Fsp3) is 0.533. The first kappa shape index (κ1) is 16.0. The minimum Gasteiger partial charge on any atom is -0.492 e. The van der Waals surface area contributed by atoms with E-state index in [0.717, 1.165) is 23.9 Å². The standard InChI is InChI=1S/C15H22BrNO2/c1-13-6-5-7-14(12-13)19-11-10-17(2)15(18)8-3-4-9-16/h5-7,12H,3-4,8-11H2,1-2H3. The van der Waals surface area contributed by atoms with E-state index in [9.17, 15) is 4.79 Å². The van der Waals surface area contributed by atoms with Crippen molar-refractivity contribution in [1.29, 1.82) is 0 Å². The third-order valence-electron chi connectivity index (χ3n) is 2.88. The van der Waals surface area contributed by atoms with Crippen LogP contribution < -0.4 is 4.74 Å². The van der Waals surface area contributed by atoms with Crippen LogP contribution in [0.15, 0.2) is 24.3 Å². The highest BCUT2D eigenvalue weighted by Crippen LogP contribution is 2.12. The molecule has 0 unspecified atom stereocenters. The molecule has 0 spiro atoms. The number of hydrogen-bond acceptors (Lipinski definition) is 2. The van der Waals surface area contributed by atoms with Gasteiger partial charge in [-0.25, -0.2) is 0 Å². The minimum absolute atomic E-state index is 0.189. The van der Waals surface area contributed by atoms with Crippen molar-refractivity contribution < 1.29 is 9.53 Å². The van der Waals surface area contributed by atoms with E-state index in [4.69, 9.17) is 4.74 Å². The monoisotopic (exact) mass is 327 g/mol. The third-order valence-corrected chi connectivity index (χ3v) is 3.45. The van der Waals surface area contributed by atoms with Gasteiger partial charge in [0.25, 0.3) is 0 Å². The molecule has 0 aliphatic heterocycles. The topological polar surface area (TPSA) is 29.5 Å². The lowest BCUT2D eigenvalue weighted by atomic mass is 10.2. The molecular weight excluding hydrogens is 306 g/mol. The normalized spacial score (nSPS) is 10.3. The summed E-state index contributed by atoms with van der Waals surface area (Å²) in [4.78, 5) is 13.5. The van der Waals surface area contributed by atoms with Crippen LogP contribution in [0.3, 0.4) is 0 Å². The number of nitrogens with zero attached hydrogens (tertiary/aromatic N) is 1. The number of alkyl halides is 1. The van der Waals surface area contributed by atoms with Gasteiger partial charge in [0.1, 0.15) is 12.4 Å². The maximum absolute atomic E-state index is 11.8. The van der Waals surface area contributed by atoms with Crippen LogP contribution in [0.4, 0.5) is 0 Å². The van der Waals surface area contributed by atoms with Gasteiger partial charge in [0.2, 0.25) is 5.91 Å². The summed E-state index contributed by atoms with van der Waals surface area (Å²) >= 11 is 3.37. The van der Waals surface area contributed by atoms with Crippen molar-refractivity contribution in [2.75, 3.05) is 25.5 Å². The van der Waals surface area contributed by atoms with Gasteiger partial charge in [0, 0.05) is 18.8 Å². The Morgan fingerprint density at radius 2 is 2.16 bits per heavy atom. The summed E-state index contributed by atoms with van der Waals surface area (Å²) in [5.41, 5.74) is 1.18. The van der Waals surface area contributed by atoms with Gasteiger partial charge in [-0.05, 0) is 37.5 Å². The predicted octanol–water partition coefficient (Wildman–Crippen LogP) is 3.40. The van der Waals surface area contributed by atoms with E-state index in [1.165, 1.54) is 5.56 Å². The molecule has 1 amide bonds. The smallest absolute Gasteiger partial charge is 0.222 e. The number of amides is 1. The summed E-state index contributed by atoms with van der Waals surface area (Å²) in [5.74, 6) is 1.05. The Balaban J connectivity index is 2.23. The molecular formula is C15H22BrNO2. The number of benzene rings is 1. The molecule has 0 aliphatic rings. The number of halogens is 1. The highest BCUT2D eigenvalue weighted by atomic mass is 79.9. The van der Waals surface area contributed by atoms with E-state index in [2.05, 4.69) is 15.9 Å². The molecule has 0 bridgehead atoms. The average Bonchev–Trinajstić information content (AvgIpc) is 2.39. The number of hydrogen-bond donors (Lipinski definition) is 0. The first-order chi connectivity index (χ1) is 9.13. The number of rotatable bonds is 8. The molecule has 0 radical (unpaired) electrons. The molecule has 1 aromatic rings. The molecule has 0 saturated heterocycles. The zero-order valence-electron chi connectivity index (χ0n) is 11.7. The Morgan fingerprint density at radius 3 is 2.84 bits per heavy atom. The fourth-order valence-electron chi connectivity index (χ4n) is 1.69. The average molecular weight is 328 g/mol. The molecule has 3 nitrogen and oxygen atoms in total. The Bertz CT molecular complexity index is 395. The fourth-order valence-corrected chi connectivity index (χ4v) is 2.09. The predicted molar refractivity (Wildman–Crippen MR) is 82.0 cm³/mol. The summed E-state index contributed by atoms with van der Waals surface area (Å²) in [6.45, 7) is 3.19. The van der Waals surface area contributed by atoms with E-state index in [1.54, 1.807) is 4.90 Å². The molecule has 0 fully saturated rings. The number of carbonyl (C=O) groups excluding carboxylic acids is 1. The van der Waals surface area contributed by atoms with E-state index in [-0.39, 0.29) is 5.91 Å². The number of unbranched alkanes of at least 4 members (excludes halogenated alkanes) is 1. The molecule has 1 rings (SSSR count). The summed E-state index contributed by atoms with van der Waals surface area (Å²) in [5, 5.41) is 0.959. The Kier molecular flexibility index (Phi) is 7.56. The van der Waals surface area contributed by atoms with Crippen LogP contribution >= 0.6 is 15.9 Å². The zero-order valence-corrected chi connectivity index (χ0v) is 13.3. The van der Waals surface area contributed by atoms with Crippen LogP contribution in [-0.2, 0) is 4.79 Å². The quantitative estimate of drug-likeness (QED) is 0.541. The molecule has 0 aromatic heterocycles. The molecule has 4 heteroatoms. The highest BCUT2D eigenvalue weighted by Gasteiger charge is 2.07. The lowest BCUT2D eigenvalue weighted by Gasteiger charge is -2.17. The molecule has 0 saturated carbocycles. The molecule has 0 atom stereocenters. The van der Waals surface area contributed by atoms with Gasteiger partial charge in [-0.15, -0.1) is 0 Å². The van der Waals surface area contributed by atoms with Gasteiger partial charge >= 0.3 is 0 Å². The number of likely N-dealkylation sites (N-methyl/N-ethyl adjacent to an activating group) is 1. The summed E-state index contributed by atoms with van der Waals surface area (Å²) < 4.78 is 5.63. The van der Waals surface area contributed by atoms with Gasteiger partial charge in [-0.2, -0.15) is 0 Å². The lowest BCUT2D eigenvalue weighted by Crippen LogP contribution is -2.30. The Hall–Kier alpha value is -1.03. The van der Waals surface area contributed by atoms with Gasteiger partial charge in [0.05, 0.1) is 6.54 Å². The molecule has 0 N–H and O–H groups in total. The Labute approximate surface area is 124 Å². The number of aryl methyl sites for hydroxylation is 1. The largest absolute Gasteiger partial charge is 0.492 e. The van der Waals surface area contributed by atoms with Crippen molar-refractivity contribution in [2.24, 2.45) is 0 Å². The number of carbonyl (C=O) groups is 1. The van der Waals surface area contributed by atoms with Crippen LogP contribution in [0.1, 0.15) is 24.8 Å². The van der Waals surface area contributed by atoms with Crippen LogP contribution in [0, 0.1) is 6.92 Å². The third kappa shape index (κ3) is 6.62. The van der Waals surface area contributed by atoms with Crippen LogP contribution in [0.2, 0.25) is 0 Å². The van der Waals surface area contributed by atoms with E-state index < -0.39 is 0 Å².